The van der Waals surface area contributed by atoms with E-state index in [1.807, 2.05) is 0 Å². The minimum absolute atomic E-state index is 0.101. The summed E-state index contributed by atoms with van der Waals surface area (Å²) < 4.78 is 0. The van der Waals surface area contributed by atoms with Crippen LogP contribution >= 0.6 is 0 Å². The minimum atomic E-state index is 0.101. The zero-order chi connectivity index (χ0) is 20.1. The first-order valence-corrected chi connectivity index (χ1v) is 11.4. The van der Waals surface area contributed by atoms with Crippen molar-refractivity contribution in [2.24, 2.45) is 52.0 Å². The molecule has 0 aliphatic heterocycles. The third kappa shape index (κ3) is 3.03. The number of fused-ring (bicyclic) bond motifs is 5. The van der Waals surface area contributed by atoms with Gasteiger partial charge in [0.15, 0.2) is 5.78 Å². The number of carbonyl (C=O) groups excluding carboxylic acids is 1. The first kappa shape index (κ1) is 20.0. The van der Waals surface area contributed by atoms with E-state index in [2.05, 4.69) is 26.8 Å². The van der Waals surface area contributed by atoms with Gasteiger partial charge in [0.1, 0.15) is 0 Å². The molecule has 3 saturated carbocycles. The van der Waals surface area contributed by atoms with Crippen LogP contribution in [0.2, 0.25) is 0 Å². The Morgan fingerprint density at radius 3 is 2.79 bits per heavy atom. The van der Waals surface area contributed by atoms with E-state index in [0.29, 0.717) is 17.3 Å². The Balaban J connectivity index is 1.57. The van der Waals surface area contributed by atoms with Gasteiger partial charge in [-0.25, -0.2) is 5.84 Å². The number of Topliss-reactive ketones (excluding diaryl/α,β-unsaturated/α-hetero) is 1. The van der Waals surface area contributed by atoms with Gasteiger partial charge in [-0.15, -0.1) is 0 Å². The normalized spacial score (nSPS) is 45.1. The minimum Gasteiger partial charge on any atom is -0.403 e. The van der Waals surface area contributed by atoms with Crippen LogP contribution in [0.3, 0.4) is 0 Å². The zero-order valence-corrected chi connectivity index (χ0v) is 18.0. The summed E-state index contributed by atoms with van der Waals surface area (Å²) in [7, 11) is 0. The van der Waals surface area contributed by atoms with Crippen LogP contribution in [0.4, 0.5) is 0 Å². The highest BCUT2D eigenvalue weighted by Gasteiger charge is 2.58. The van der Waals surface area contributed by atoms with Gasteiger partial charge >= 0.3 is 0 Å². The number of allylic oxidation sites excluding steroid dienone is 2. The van der Waals surface area contributed by atoms with Crippen molar-refractivity contribution >= 4 is 5.78 Å². The summed E-state index contributed by atoms with van der Waals surface area (Å²) in [4.78, 5) is 13.1. The maximum Gasteiger partial charge on any atom is 0.157 e. The predicted molar refractivity (Wildman–Crippen MR) is 114 cm³/mol. The van der Waals surface area contributed by atoms with E-state index in [1.54, 1.807) is 11.8 Å². The second kappa shape index (κ2) is 7.19. The number of nitrogens with two attached hydrogens (primary N) is 2. The summed E-state index contributed by atoms with van der Waals surface area (Å²) in [6.45, 7) is 7.65. The molecule has 0 spiro atoms. The average Bonchev–Trinajstić information content (AvgIpc) is 3.00. The Bertz CT molecular complexity index is 685. The summed E-state index contributed by atoms with van der Waals surface area (Å²) in [5.74, 6) is 9.44. The monoisotopic (exact) mass is 385 g/mol. The van der Waals surface area contributed by atoms with E-state index < -0.39 is 0 Å². The van der Waals surface area contributed by atoms with E-state index in [-0.39, 0.29) is 23.7 Å². The van der Waals surface area contributed by atoms with E-state index in [4.69, 9.17) is 11.6 Å². The van der Waals surface area contributed by atoms with Crippen molar-refractivity contribution in [3.8, 4) is 0 Å². The van der Waals surface area contributed by atoms with Crippen LogP contribution in [0.25, 0.3) is 0 Å². The molecule has 0 radical (unpaired) electrons. The third-order valence-corrected chi connectivity index (χ3v) is 9.29. The molecule has 4 heteroatoms. The lowest BCUT2D eigenvalue weighted by Gasteiger charge is -2.57. The molecule has 0 amide bonds. The molecule has 0 aromatic rings. The molecular formula is C24H39N3O. The van der Waals surface area contributed by atoms with Crippen molar-refractivity contribution in [2.45, 2.75) is 72.1 Å². The molecule has 0 aromatic carbocycles. The van der Waals surface area contributed by atoms with E-state index in [9.17, 15) is 4.79 Å². The van der Waals surface area contributed by atoms with Gasteiger partial charge < -0.3 is 10.7 Å². The summed E-state index contributed by atoms with van der Waals surface area (Å²) >= 11 is 0. The van der Waals surface area contributed by atoms with Crippen LogP contribution in [0.5, 0.6) is 0 Å². The molecule has 4 N–H and O–H groups in total. The lowest BCUT2D eigenvalue weighted by Crippen LogP contribution is -2.49. The standard InChI is InChI=1S/C24H39N3O/c1-16-8-10-23(2)17(14-16)4-5-18-19-6-7-21(22(28)15-27(26)13-12-25)24(19,3)11-9-20(18)23/h9,12-13,16-19,21H,4-8,10-11,14-15,25-26H2,1-3H3/b13-12-. The quantitative estimate of drug-likeness (QED) is 0.428. The van der Waals surface area contributed by atoms with Gasteiger partial charge in [0.25, 0.3) is 0 Å². The molecule has 156 valence electrons. The average molecular weight is 386 g/mol. The van der Waals surface area contributed by atoms with E-state index in [1.165, 1.54) is 49.7 Å². The Morgan fingerprint density at radius 1 is 1.25 bits per heavy atom. The molecule has 4 nitrogen and oxygen atoms in total. The predicted octanol–water partition coefficient (Wildman–Crippen LogP) is 4.38. The van der Waals surface area contributed by atoms with Crippen LogP contribution in [-0.2, 0) is 4.79 Å². The molecule has 0 heterocycles. The van der Waals surface area contributed by atoms with Gasteiger partial charge in [-0.2, -0.15) is 0 Å². The fourth-order valence-corrected chi connectivity index (χ4v) is 7.72. The lowest BCUT2D eigenvalue weighted by atomic mass is 9.48. The summed E-state index contributed by atoms with van der Waals surface area (Å²) in [5, 5.41) is 1.43. The number of hydrazine groups is 1. The van der Waals surface area contributed by atoms with Gasteiger partial charge in [-0.1, -0.05) is 32.4 Å². The summed E-state index contributed by atoms with van der Waals surface area (Å²) in [5.41, 5.74) is 7.71. The number of hydrogen-bond acceptors (Lipinski definition) is 4. The number of nitrogens with zero attached hydrogens (tertiary/aromatic N) is 1. The number of hydrogen-bond donors (Lipinski definition) is 2. The van der Waals surface area contributed by atoms with Crippen LogP contribution < -0.4 is 11.6 Å². The van der Waals surface area contributed by atoms with Crippen LogP contribution in [0.1, 0.15) is 72.1 Å². The molecular weight excluding hydrogens is 346 g/mol. The second-order valence-electron chi connectivity index (χ2n) is 10.8. The highest BCUT2D eigenvalue weighted by molar-refractivity contribution is 5.84. The van der Waals surface area contributed by atoms with Crippen LogP contribution in [0.15, 0.2) is 24.0 Å². The molecule has 7 atom stereocenters. The van der Waals surface area contributed by atoms with E-state index >= 15 is 0 Å². The molecule has 4 aliphatic carbocycles. The van der Waals surface area contributed by atoms with E-state index in [0.717, 1.165) is 24.7 Å². The topological polar surface area (TPSA) is 72.3 Å². The maximum atomic E-state index is 13.1. The highest BCUT2D eigenvalue weighted by Crippen LogP contribution is 2.65. The van der Waals surface area contributed by atoms with Gasteiger partial charge in [0, 0.05) is 18.3 Å². The highest BCUT2D eigenvalue weighted by atomic mass is 16.1. The second-order valence-corrected chi connectivity index (χ2v) is 10.8. The van der Waals surface area contributed by atoms with Crippen molar-refractivity contribution in [3.63, 3.8) is 0 Å². The number of carbonyl (C=O) groups is 1. The Labute approximate surface area is 170 Å². The maximum absolute atomic E-state index is 13.1. The van der Waals surface area contributed by atoms with Gasteiger partial charge in [-0.05, 0) is 85.9 Å². The number of ketones is 1. The lowest BCUT2D eigenvalue weighted by molar-refractivity contribution is -0.127. The molecule has 0 aromatic heterocycles. The molecule has 0 saturated heterocycles. The molecule has 4 rings (SSSR count). The Hall–Kier alpha value is -1.29. The zero-order valence-electron chi connectivity index (χ0n) is 18.0. The molecule has 7 unspecified atom stereocenters. The first-order chi connectivity index (χ1) is 13.3. The van der Waals surface area contributed by atoms with Crippen LogP contribution in [0, 0.1) is 40.4 Å². The fraction of sp³-hybridized carbons (Fsp3) is 0.792. The first-order valence-electron chi connectivity index (χ1n) is 11.4. The smallest absolute Gasteiger partial charge is 0.157 e. The van der Waals surface area contributed by atoms with Crippen LogP contribution in [-0.4, -0.2) is 17.3 Å². The largest absolute Gasteiger partial charge is 0.403 e. The van der Waals surface area contributed by atoms with Gasteiger partial charge in [-0.3, -0.25) is 4.79 Å². The van der Waals surface area contributed by atoms with Gasteiger partial charge in [0.05, 0.1) is 6.54 Å². The third-order valence-electron chi connectivity index (χ3n) is 9.29. The van der Waals surface area contributed by atoms with Crippen molar-refractivity contribution in [2.75, 3.05) is 6.54 Å². The SMILES string of the molecule is CC1CCC2(C)C3=CCC4(C)C(C(=O)CN(N)/C=C\N)CCC4C3CCC2C1. The van der Waals surface area contributed by atoms with Crippen molar-refractivity contribution < 1.29 is 4.79 Å². The van der Waals surface area contributed by atoms with Crippen molar-refractivity contribution in [3.05, 3.63) is 24.0 Å². The Kier molecular flexibility index (Phi) is 5.14. The Morgan fingerprint density at radius 2 is 2.04 bits per heavy atom. The van der Waals surface area contributed by atoms with Crippen molar-refractivity contribution in [1.82, 2.24) is 5.01 Å². The molecule has 0 bridgehead atoms. The number of rotatable bonds is 4. The molecule has 28 heavy (non-hydrogen) atoms. The summed E-state index contributed by atoms with van der Waals surface area (Å²) in [6, 6.07) is 0. The molecule has 4 aliphatic rings. The summed E-state index contributed by atoms with van der Waals surface area (Å²) in [6.07, 6.45) is 15.7. The fourth-order valence-electron chi connectivity index (χ4n) is 7.72. The van der Waals surface area contributed by atoms with Crippen molar-refractivity contribution in [1.29, 1.82) is 0 Å². The molecule has 3 fully saturated rings. The van der Waals surface area contributed by atoms with Gasteiger partial charge in [0.2, 0.25) is 0 Å².